The first-order chi connectivity index (χ1) is 11.5. The van der Waals surface area contributed by atoms with Gasteiger partial charge in [0.2, 0.25) is 0 Å². The number of hydrogen-bond donors (Lipinski definition) is 2. The molecule has 0 amide bonds. The lowest BCUT2D eigenvalue weighted by Gasteiger charge is -2.12. The third-order valence-corrected chi connectivity index (χ3v) is 5.70. The Labute approximate surface area is 146 Å². The first-order valence-electron chi connectivity index (χ1n) is 7.02. The highest BCUT2D eigenvalue weighted by molar-refractivity contribution is 8.00. The van der Waals surface area contributed by atoms with Crippen LogP contribution in [-0.2, 0) is 4.79 Å². The molecule has 9 heteroatoms. The Hall–Kier alpha value is -2.10. The summed E-state index contributed by atoms with van der Waals surface area (Å²) in [6, 6.07) is 9.72. The molecule has 0 bridgehead atoms. The van der Waals surface area contributed by atoms with Crippen molar-refractivity contribution in [3.05, 3.63) is 58.3 Å². The Kier molecular flexibility index (Phi) is 5.03. The summed E-state index contributed by atoms with van der Waals surface area (Å²) in [5, 5.41) is 23.8. The van der Waals surface area contributed by atoms with Crippen molar-refractivity contribution in [1.29, 1.82) is 0 Å². The molecule has 1 saturated heterocycles. The summed E-state index contributed by atoms with van der Waals surface area (Å²) in [5.41, 5.74) is 0.685. The molecule has 0 unspecified atom stereocenters. The summed E-state index contributed by atoms with van der Waals surface area (Å²) in [6.45, 7) is 0. The molecule has 1 fully saturated rings. The van der Waals surface area contributed by atoms with Crippen molar-refractivity contribution < 1.29 is 14.8 Å². The molecule has 2 heterocycles. The number of nitro groups is 1. The SMILES string of the molecule is O=C(O)[C@@H]1CS[C@@H](c2ccc(Sc3ccccn3)c([N+](=O)[O-])c2)N1. The molecule has 24 heavy (non-hydrogen) atoms. The van der Waals surface area contributed by atoms with Gasteiger partial charge in [0.05, 0.1) is 15.2 Å². The van der Waals surface area contributed by atoms with E-state index in [0.717, 1.165) is 0 Å². The number of carboxylic acids is 1. The monoisotopic (exact) mass is 363 g/mol. The van der Waals surface area contributed by atoms with Crippen molar-refractivity contribution in [2.24, 2.45) is 0 Å². The zero-order valence-corrected chi connectivity index (χ0v) is 13.9. The van der Waals surface area contributed by atoms with E-state index in [1.807, 2.05) is 6.07 Å². The predicted molar refractivity (Wildman–Crippen MR) is 91.2 cm³/mol. The zero-order valence-electron chi connectivity index (χ0n) is 12.3. The van der Waals surface area contributed by atoms with E-state index in [2.05, 4.69) is 10.3 Å². The molecule has 1 aliphatic heterocycles. The van der Waals surface area contributed by atoms with Crippen LogP contribution >= 0.6 is 23.5 Å². The molecule has 0 radical (unpaired) electrons. The molecule has 1 aromatic carbocycles. The van der Waals surface area contributed by atoms with Gasteiger partial charge in [0.15, 0.2) is 0 Å². The molecule has 2 N–H and O–H groups in total. The van der Waals surface area contributed by atoms with Crippen molar-refractivity contribution in [1.82, 2.24) is 10.3 Å². The van der Waals surface area contributed by atoms with Crippen molar-refractivity contribution in [2.45, 2.75) is 21.3 Å². The smallest absolute Gasteiger partial charge is 0.321 e. The maximum absolute atomic E-state index is 11.4. The van der Waals surface area contributed by atoms with Crippen LogP contribution in [0.15, 0.2) is 52.5 Å². The second kappa shape index (κ2) is 7.20. The van der Waals surface area contributed by atoms with Gasteiger partial charge < -0.3 is 5.11 Å². The fourth-order valence-electron chi connectivity index (χ4n) is 2.25. The first kappa shape index (κ1) is 16.7. The topological polar surface area (TPSA) is 105 Å². The molecule has 7 nitrogen and oxygen atoms in total. The molecule has 3 rings (SSSR count). The van der Waals surface area contributed by atoms with Gasteiger partial charge in [0.25, 0.3) is 5.69 Å². The van der Waals surface area contributed by atoms with Gasteiger partial charge >= 0.3 is 5.97 Å². The van der Waals surface area contributed by atoms with Crippen LogP contribution in [0.1, 0.15) is 10.9 Å². The predicted octanol–water partition coefficient (Wildman–Crippen LogP) is 2.93. The maximum atomic E-state index is 11.4. The largest absolute Gasteiger partial charge is 0.480 e. The lowest BCUT2D eigenvalue weighted by molar-refractivity contribution is -0.387. The van der Waals surface area contributed by atoms with Crippen LogP contribution in [0.4, 0.5) is 5.69 Å². The number of nitrogens with zero attached hydrogens (tertiary/aromatic N) is 2. The number of carbonyl (C=O) groups is 1. The molecule has 1 aromatic heterocycles. The van der Waals surface area contributed by atoms with E-state index < -0.39 is 16.9 Å². The number of aromatic nitrogens is 1. The first-order valence-corrected chi connectivity index (χ1v) is 8.89. The molecule has 0 spiro atoms. The Balaban J connectivity index is 1.85. The average molecular weight is 363 g/mol. The van der Waals surface area contributed by atoms with E-state index in [4.69, 9.17) is 5.11 Å². The van der Waals surface area contributed by atoms with E-state index in [1.165, 1.54) is 29.6 Å². The zero-order chi connectivity index (χ0) is 17.1. The van der Waals surface area contributed by atoms with E-state index in [0.29, 0.717) is 21.2 Å². The lowest BCUT2D eigenvalue weighted by atomic mass is 10.2. The Bertz CT molecular complexity index is 773. The molecule has 2 atom stereocenters. The van der Waals surface area contributed by atoms with Crippen LogP contribution in [0, 0.1) is 10.1 Å². The number of pyridine rings is 1. The van der Waals surface area contributed by atoms with Gasteiger partial charge in [-0.3, -0.25) is 20.2 Å². The van der Waals surface area contributed by atoms with Gasteiger partial charge in [-0.05, 0) is 23.8 Å². The number of carboxylic acid groups (broad SMARTS) is 1. The van der Waals surface area contributed by atoms with Crippen molar-refractivity contribution in [3.8, 4) is 0 Å². The summed E-state index contributed by atoms with van der Waals surface area (Å²) in [7, 11) is 0. The van der Waals surface area contributed by atoms with Crippen molar-refractivity contribution in [2.75, 3.05) is 5.75 Å². The fraction of sp³-hybridized carbons (Fsp3) is 0.200. The Morgan fingerprint density at radius 1 is 1.42 bits per heavy atom. The summed E-state index contributed by atoms with van der Waals surface area (Å²) < 4.78 is 0. The van der Waals surface area contributed by atoms with Crippen LogP contribution in [0.5, 0.6) is 0 Å². The Morgan fingerprint density at radius 3 is 2.88 bits per heavy atom. The number of benzene rings is 1. The molecule has 0 aliphatic carbocycles. The number of nitrogens with one attached hydrogen (secondary N) is 1. The van der Waals surface area contributed by atoms with Gasteiger partial charge in [0, 0.05) is 18.0 Å². The summed E-state index contributed by atoms with van der Waals surface area (Å²) in [6.07, 6.45) is 1.63. The van der Waals surface area contributed by atoms with Crippen LogP contribution in [0.25, 0.3) is 0 Å². The van der Waals surface area contributed by atoms with Gasteiger partial charge in [-0.15, -0.1) is 11.8 Å². The van der Waals surface area contributed by atoms with E-state index >= 15 is 0 Å². The maximum Gasteiger partial charge on any atom is 0.321 e. The second-order valence-corrected chi connectivity index (χ2v) is 7.23. The minimum absolute atomic E-state index is 0.00988. The van der Waals surface area contributed by atoms with Crippen molar-refractivity contribution >= 4 is 35.2 Å². The highest BCUT2D eigenvalue weighted by Crippen LogP contribution is 2.39. The third-order valence-electron chi connectivity index (χ3n) is 3.41. The molecule has 2 aromatic rings. The Morgan fingerprint density at radius 2 is 2.25 bits per heavy atom. The van der Waals surface area contributed by atoms with Crippen LogP contribution < -0.4 is 5.32 Å². The van der Waals surface area contributed by atoms with Crippen LogP contribution in [0.3, 0.4) is 0 Å². The van der Waals surface area contributed by atoms with Crippen LogP contribution in [0.2, 0.25) is 0 Å². The van der Waals surface area contributed by atoms with Crippen LogP contribution in [-0.4, -0.2) is 32.8 Å². The van der Waals surface area contributed by atoms with Crippen molar-refractivity contribution in [3.63, 3.8) is 0 Å². The normalized spacial score (nSPS) is 20.0. The highest BCUT2D eigenvalue weighted by atomic mass is 32.2. The number of rotatable bonds is 5. The van der Waals surface area contributed by atoms with E-state index in [9.17, 15) is 14.9 Å². The highest BCUT2D eigenvalue weighted by Gasteiger charge is 2.31. The lowest BCUT2D eigenvalue weighted by Crippen LogP contribution is -2.33. The number of aliphatic carboxylic acids is 1. The minimum atomic E-state index is -0.915. The van der Waals surface area contributed by atoms with Gasteiger partial charge in [-0.1, -0.05) is 23.9 Å². The minimum Gasteiger partial charge on any atom is -0.480 e. The summed E-state index contributed by atoms with van der Waals surface area (Å²) in [4.78, 5) is 26.7. The molecule has 1 aliphatic rings. The van der Waals surface area contributed by atoms with Gasteiger partial charge in [-0.25, -0.2) is 4.98 Å². The quantitative estimate of drug-likeness (QED) is 0.617. The molecular weight excluding hydrogens is 350 g/mol. The number of thioether (sulfide) groups is 1. The average Bonchev–Trinajstić information content (AvgIpc) is 3.06. The molecule has 124 valence electrons. The molecular formula is C15H13N3O4S2. The molecule has 0 saturated carbocycles. The van der Waals surface area contributed by atoms with E-state index in [1.54, 1.807) is 30.5 Å². The van der Waals surface area contributed by atoms with E-state index in [-0.39, 0.29) is 11.1 Å². The summed E-state index contributed by atoms with van der Waals surface area (Å²) in [5.74, 6) is -0.486. The number of hydrogen-bond acceptors (Lipinski definition) is 7. The van der Waals surface area contributed by atoms with Gasteiger partial charge in [-0.2, -0.15) is 0 Å². The fourth-order valence-corrected chi connectivity index (χ4v) is 4.34. The summed E-state index contributed by atoms with van der Waals surface area (Å²) >= 11 is 2.65. The number of nitro benzene ring substituents is 1. The van der Waals surface area contributed by atoms with Gasteiger partial charge in [0.1, 0.15) is 11.1 Å². The standard InChI is InChI=1S/C15H13N3O4S2/c19-15(20)10-8-23-14(17-10)9-4-5-12(11(7-9)18(21)22)24-13-3-1-2-6-16-13/h1-7,10,14,17H,8H2,(H,19,20)/t10-,14-/m0/s1. The third kappa shape index (κ3) is 3.69. The second-order valence-electron chi connectivity index (χ2n) is 5.03.